The van der Waals surface area contributed by atoms with Crippen LogP contribution in [0.2, 0.25) is 0 Å². The van der Waals surface area contributed by atoms with E-state index in [9.17, 15) is 0 Å². The second-order valence-electron chi connectivity index (χ2n) is 6.36. The van der Waals surface area contributed by atoms with E-state index in [0.717, 1.165) is 17.1 Å². The molecule has 0 aromatic heterocycles. The van der Waals surface area contributed by atoms with E-state index in [4.69, 9.17) is 4.18 Å². The summed E-state index contributed by atoms with van der Waals surface area (Å²) in [5.41, 5.74) is 2.94. The lowest BCUT2D eigenvalue weighted by atomic mass is 9.88. The van der Waals surface area contributed by atoms with Gasteiger partial charge < -0.3 is 4.18 Å². The van der Waals surface area contributed by atoms with Crippen LogP contribution in [0.4, 0.5) is 0 Å². The highest BCUT2D eigenvalue weighted by atomic mass is 32.2. The fourth-order valence-electron chi connectivity index (χ4n) is 1.97. The lowest BCUT2D eigenvalue weighted by Crippen LogP contribution is -2.08. The Labute approximate surface area is 126 Å². The van der Waals surface area contributed by atoms with E-state index in [0.29, 0.717) is 5.41 Å². The minimum atomic E-state index is 0.318. The van der Waals surface area contributed by atoms with Crippen LogP contribution < -0.4 is 4.18 Å². The Morgan fingerprint density at radius 2 is 1.50 bits per heavy atom. The minimum Gasteiger partial charge on any atom is -0.421 e. The number of benzene rings is 2. The second-order valence-corrected chi connectivity index (χ2v) is 7.17. The van der Waals surface area contributed by atoms with Crippen molar-refractivity contribution in [1.29, 1.82) is 0 Å². The Kier molecular flexibility index (Phi) is 4.77. The molecule has 0 saturated carbocycles. The molecule has 0 heterocycles. The number of hydrogen-bond acceptors (Lipinski definition) is 2. The van der Waals surface area contributed by atoms with Gasteiger partial charge in [-0.25, -0.2) is 0 Å². The maximum Gasteiger partial charge on any atom is 0.137 e. The molecular formula is C18H22OS. The molecule has 20 heavy (non-hydrogen) atoms. The molecular weight excluding hydrogens is 264 g/mol. The Balaban J connectivity index is 1.92. The first-order valence-corrected chi connectivity index (χ1v) is 7.67. The average molecular weight is 286 g/mol. The first kappa shape index (κ1) is 15.0. The van der Waals surface area contributed by atoms with Crippen molar-refractivity contribution in [3.05, 3.63) is 59.7 Å². The van der Waals surface area contributed by atoms with Crippen molar-refractivity contribution in [2.24, 2.45) is 5.41 Å². The number of rotatable bonds is 4. The molecule has 0 atom stereocenters. The van der Waals surface area contributed by atoms with E-state index in [1.54, 1.807) is 0 Å². The van der Waals surface area contributed by atoms with Gasteiger partial charge >= 0.3 is 0 Å². The standard InChI is InChI=1S/C18H22OS/c1-14-5-11-17(12-6-14)20-19-16-9-7-15(8-10-16)13-18(2,3)4/h5-12H,13H2,1-4H3. The summed E-state index contributed by atoms with van der Waals surface area (Å²) >= 11 is 1.40. The van der Waals surface area contributed by atoms with E-state index in [-0.39, 0.29) is 0 Å². The fourth-order valence-corrected chi connectivity index (χ4v) is 2.52. The lowest BCUT2D eigenvalue weighted by Gasteiger charge is -2.18. The summed E-state index contributed by atoms with van der Waals surface area (Å²) in [7, 11) is 0. The van der Waals surface area contributed by atoms with E-state index < -0.39 is 0 Å². The summed E-state index contributed by atoms with van der Waals surface area (Å²) in [5.74, 6) is 0.897. The molecule has 2 heteroatoms. The van der Waals surface area contributed by atoms with Crippen molar-refractivity contribution in [2.45, 2.75) is 39.0 Å². The monoisotopic (exact) mass is 286 g/mol. The molecule has 2 rings (SSSR count). The molecule has 0 radical (unpaired) electrons. The van der Waals surface area contributed by atoms with Crippen LogP contribution in [0.15, 0.2) is 53.4 Å². The SMILES string of the molecule is Cc1ccc(SOc2ccc(CC(C)(C)C)cc2)cc1. The third kappa shape index (κ3) is 4.93. The van der Waals surface area contributed by atoms with E-state index in [2.05, 4.69) is 64.1 Å². The van der Waals surface area contributed by atoms with Gasteiger partial charge in [0.1, 0.15) is 5.75 Å². The predicted molar refractivity (Wildman–Crippen MR) is 87.3 cm³/mol. The van der Waals surface area contributed by atoms with E-state index in [1.165, 1.54) is 23.2 Å². The summed E-state index contributed by atoms with van der Waals surface area (Å²) in [5, 5.41) is 0. The lowest BCUT2D eigenvalue weighted by molar-refractivity contribution is 0.411. The van der Waals surface area contributed by atoms with Gasteiger partial charge in [0, 0.05) is 4.90 Å². The van der Waals surface area contributed by atoms with Gasteiger partial charge in [0.05, 0.1) is 12.0 Å². The van der Waals surface area contributed by atoms with Gasteiger partial charge in [-0.2, -0.15) is 0 Å². The Morgan fingerprint density at radius 1 is 0.900 bits per heavy atom. The zero-order chi connectivity index (χ0) is 14.6. The molecule has 106 valence electrons. The second kappa shape index (κ2) is 6.36. The maximum atomic E-state index is 5.73. The van der Waals surface area contributed by atoms with Crippen LogP contribution in [-0.4, -0.2) is 0 Å². The van der Waals surface area contributed by atoms with Crippen LogP contribution in [-0.2, 0) is 6.42 Å². The highest BCUT2D eigenvalue weighted by molar-refractivity contribution is 7.95. The van der Waals surface area contributed by atoms with Crippen LogP contribution in [0.1, 0.15) is 31.9 Å². The zero-order valence-corrected chi connectivity index (χ0v) is 13.5. The van der Waals surface area contributed by atoms with E-state index >= 15 is 0 Å². The van der Waals surface area contributed by atoms with Crippen molar-refractivity contribution in [3.8, 4) is 5.75 Å². The summed E-state index contributed by atoms with van der Waals surface area (Å²) in [6, 6.07) is 16.7. The van der Waals surface area contributed by atoms with Gasteiger partial charge in [0.25, 0.3) is 0 Å². The quantitative estimate of drug-likeness (QED) is 0.670. The van der Waals surface area contributed by atoms with Gasteiger partial charge in [0.15, 0.2) is 0 Å². The molecule has 0 unspecified atom stereocenters. The van der Waals surface area contributed by atoms with Gasteiger partial charge in [0.2, 0.25) is 0 Å². The normalized spacial score (nSPS) is 11.4. The fraction of sp³-hybridized carbons (Fsp3) is 0.333. The maximum absolute atomic E-state index is 5.73. The van der Waals surface area contributed by atoms with Gasteiger partial charge in [-0.15, -0.1) is 0 Å². The summed E-state index contributed by atoms with van der Waals surface area (Å²) in [4.78, 5) is 1.12. The summed E-state index contributed by atoms with van der Waals surface area (Å²) in [6.07, 6.45) is 1.08. The molecule has 2 aromatic carbocycles. The molecule has 1 nitrogen and oxygen atoms in total. The van der Waals surface area contributed by atoms with Crippen molar-refractivity contribution in [3.63, 3.8) is 0 Å². The van der Waals surface area contributed by atoms with Crippen LogP contribution >= 0.6 is 12.0 Å². The Morgan fingerprint density at radius 3 is 2.05 bits per heavy atom. The summed E-state index contributed by atoms with van der Waals surface area (Å²) < 4.78 is 5.73. The Bertz CT molecular complexity index is 535. The van der Waals surface area contributed by atoms with Crippen molar-refractivity contribution in [1.82, 2.24) is 0 Å². The van der Waals surface area contributed by atoms with E-state index in [1.807, 2.05) is 12.1 Å². The largest absolute Gasteiger partial charge is 0.421 e. The number of aryl methyl sites for hydroxylation is 1. The molecule has 0 aliphatic carbocycles. The predicted octanol–water partition coefficient (Wildman–Crippen LogP) is 5.67. The average Bonchev–Trinajstić information content (AvgIpc) is 2.38. The van der Waals surface area contributed by atoms with Crippen LogP contribution in [0.25, 0.3) is 0 Å². The molecule has 0 fully saturated rings. The molecule has 0 saturated heterocycles. The minimum absolute atomic E-state index is 0.318. The van der Waals surface area contributed by atoms with Gasteiger partial charge in [-0.05, 0) is 48.6 Å². The van der Waals surface area contributed by atoms with Gasteiger partial charge in [-0.1, -0.05) is 50.6 Å². The number of hydrogen-bond donors (Lipinski definition) is 0. The zero-order valence-electron chi connectivity index (χ0n) is 12.6. The van der Waals surface area contributed by atoms with Crippen molar-refractivity contribution in [2.75, 3.05) is 0 Å². The molecule has 0 amide bonds. The van der Waals surface area contributed by atoms with Crippen LogP contribution in [0.5, 0.6) is 5.75 Å². The summed E-state index contributed by atoms with van der Waals surface area (Å²) in [6.45, 7) is 8.85. The Hall–Kier alpha value is -1.41. The smallest absolute Gasteiger partial charge is 0.137 e. The molecule has 0 bridgehead atoms. The molecule has 0 N–H and O–H groups in total. The third-order valence-electron chi connectivity index (χ3n) is 2.91. The first-order chi connectivity index (χ1) is 9.42. The molecule has 0 spiro atoms. The first-order valence-electron chi connectivity index (χ1n) is 6.92. The molecule has 2 aromatic rings. The highest BCUT2D eigenvalue weighted by Crippen LogP contribution is 2.26. The van der Waals surface area contributed by atoms with Crippen LogP contribution in [0.3, 0.4) is 0 Å². The molecule has 0 aliphatic rings. The topological polar surface area (TPSA) is 9.23 Å². The molecule has 0 aliphatic heterocycles. The van der Waals surface area contributed by atoms with Crippen LogP contribution in [0, 0.1) is 12.3 Å². The van der Waals surface area contributed by atoms with Gasteiger partial charge in [-0.3, -0.25) is 0 Å². The highest BCUT2D eigenvalue weighted by Gasteiger charge is 2.11. The third-order valence-corrected chi connectivity index (χ3v) is 3.65. The van der Waals surface area contributed by atoms with Crippen molar-refractivity contribution >= 4 is 12.0 Å². The van der Waals surface area contributed by atoms with Crippen molar-refractivity contribution < 1.29 is 4.18 Å².